The standard InChI is InChI=1S/C23H22ClFN2O2.2C21H20ClFN2O.C20H14ClFN2O.C4H10O.2CH4.3ClH/c1-14(27-15(2)28)20-9-7-16(13-26-20)11-18-8-10-21(29-3)22(23(18)25)17-5-4-6-19(24)12-17;2*1-13(24)18-8-6-14(12-25-18)10-16-7-9-19(26-2)20(21(16)23)15-4-3-5-17(22)11-15;1-25-18-8-6-15(9-13-5-7-17(11-23)24-12-13)20(22)19(18)14-3-2-4-16(21)10-14;1-3-5-4-2;;;;;/h4-10,12-14H,11H2,1-3H3,(H,27,28);2*3-9,11-13H,10,24H2,1-2H3;2-8,10,12H,9H2,1H3;3-4H2,1-2H3;2*1H4;3*1H. The van der Waals surface area contributed by atoms with Gasteiger partial charge in [-0.2, -0.15) is 5.26 Å². The Morgan fingerprint density at radius 3 is 0.888 bits per heavy atom. The first-order chi connectivity index (χ1) is 53.4. The van der Waals surface area contributed by atoms with Crippen molar-refractivity contribution in [2.24, 2.45) is 11.5 Å². The first-order valence-corrected chi connectivity index (χ1v) is 36.9. The Balaban J connectivity index is 0.000000387. The summed E-state index contributed by atoms with van der Waals surface area (Å²) in [5.41, 5.74) is 24.3. The fraction of sp³-hybridized carbons (Fsp3) is 0.231. The van der Waals surface area contributed by atoms with Crippen LogP contribution in [0.3, 0.4) is 0 Å². The highest BCUT2D eigenvalue weighted by molar-refractivity contribution is 6.32. The summed E-state index contributed by atoms with van der Waals surface area (Å²) in [5, 5.41) is 13.8. The molecule has 12 rings (SSSR count). The molecule has 1 amide bonds. The van der Waals surface area contributed by atoms with Gasteiger partial charge in [-0.25, -0.2) is 22.5 Å². The number of nitrogens with one attached hydrogen (secondary N) is 1. The van der Waals surface area contributed by atoms with E-state index < -0.39 is 0 Å². The molecule has 0 spiro atoms. The summed E-state index contributed by atoms with van der Waals surface area (Å²) in [6.45, 7) is 12.8. The number of nitriles is 1. The Bertz CT molecular complexity index is 4970. The molecule has 0 saturated carbocycles. The van der Waals surface area contributed by atoms with E-state index in [1.165, 1.54) is 35.4 Å². The van der Waals surface area contributed by atoms with Crippen molar-refractivity contribution in [2.75, 3.05) is 41.7 Å². The number of ether oxygens (including phenoxy) is 5. The zero-order chi connectivity index (χ0) is 80.3. The number of rotatable bonds is 22. The van der Waals surface area contributed by atoms with Gasteiger partial charge in [0, 0.05) is 103 Å². The fourth-order valence-electron chi connectivity index (χ4n) is 11.8. The van der Waals surface area contributed by atoms with Crippen LogP contribution in [0.5, 0.6) is 23.0 Å². The van der Waals surface area contributed by atoms with E-state index in [1.54, 1.807) is 170 Å². The van der Waals surface area contributed by atoms with Gasteiger partial charge < -0.3 is 40.5 Å². The number of methoxy groups -OCH3 is 4. The predicted molar refractivity (Wildman–Crippen MR) is 471 cm³/mol. The average Bonchev–Trinajstić information content (AvgIpc) is 0.811. The molecule has 116 heavy (non-hydrogen) atoms. The number of hydrogen-bond acceptors (Lipinski definition) is 13. The van der Waals surface area contributed by atoms with Crippen molar-refractivity contribution >= 4 is 89.5 Å². The molecule has 3 atom stereocenters. The Morgan fingerprint density at radius 2 is 0.690 bits per heavy atom. The smallest absolute Gasteiger partial charge is 0.217 e. The molecule has 0 radical (unpaired) electrons. The summed E-state index contributed by atoms with van der Waals surface area (Å²) < 4.78 is 87.3. The number of aromatic nitrogens is 4. The van der Waals surface area contributed by atoms with Crippen molar-refractivity contribution in [1.82, 2.24) is 25.3 Å². The van der Waals surface area contributed by atoms with Gasteiger partial charge in [0.15, 0.2) is 0 Å². The molecule has 12 aromatic rings. The summed E-state index contributed by atoms with van der Waals surface area (Å²) in [6, 6.07) is 58.4. The maximum absolute atomic E-state index is 15.4. The van der Waals surface area contributed by atoms with E-state index in [2.05, 4.69) is 25.3 Å². The molecular weight excluding hydrogens is 1630 g/mol. The summed E-state index contributed by atoms with van der Waals surface area (Å²) in [6.07, 6.45) is 8.36. The second-order valence-electron chi connectivity index (χ2n) is 25.4. The average molecular weight is 1720 g/mol. The minimum absolute atomic E-state index is 0. The van der Waals surface area contributed by atoms with Crippen LogP contribution in [0.4, 0.5) is 17.6 Å². The highest BCUT2D eigenvalue weighted by atomic mass is 35.5. The zero-order valence-electron chi connectivity index (χ0n) is 64.3. The number of hydrogen-bond donors (Lipinski definition) is 3. The van der Waals surface area contributed by atoms with E-state index in [0.717, 1.165) is 52.5 Å². The van der Waals surface area contributed by atoms with E-state index in [1.807, 2.05) is 89.2 Å². The number of benzene rings is 8. The van der Waals surface area contributed by atoms with E-state index in [-0.39, 0.29) is 99.4 Å². The Morgan fingerprint density at radius 1 is 0.422 bits per heavy atom. The first kappa shape index (κ1) is 100. The van der Waals surface area contributed by atoms with Crippen molar-refractivity contribution in [1.29, 1.82) is 5.26 Å². The summed E-state index contributed by atoms with van der Waals surface area (Å²) >= 11 is 24.3. The van der Waals surface area contributed by atoms with Gasteiger partial charge in [-0.1, -0.05) is 158 Å². The number of nitrogens with two attached hydrogens (primary N) is 2. The highest BCUT2D eigenvalue weighted by Gasteiger charge is 2.22. The van der Waals surface area contributed by atoms with Crippen molar-refractivity contribution < 1.29 is 46.0 Å². The lowest BCUT2D eigenvalue weighted by Crippen LogP contribution is -2.24. The van der Waals surface area contributed by atoms with Crippen molar-refractivity contribution in [3.8, 4) is 73.6 Å². The minimum Gasteiger partial charge on any atom is -0.496 e. The summed E-state index contributed by atoms with van der Waals surface area (Å²) in [7, 11) is 6.08. The van der Waals surface area contributed by atoms with Crippen LogP contribution >= 0.6 is 83.6 Å². The minimum atomic E-state index is -0.356. The van der Waals surface area contributed by atoms with E-state index in [9.17, 15) is 4.79 Å². The number of pyridine rings is 4. The molecule has 5 N–H and O–H groups in total. The van der Waals surface area contributed by atoms with Gasteiger partial charge in [0.05, 0.1) is 73.8 Å². The molecule has 14 nitrogen and oxygen atoms in total. The van der Waals surface area contributed by atoms with Crippen LogP contribution in [-0.2, 0) is 35.2 Å². The van der Waals surface area contributed by atoms with Crippen molar-refractivity contribution in [3.05, 3.63) is 330 Å². The molecule has 3 unspecified atom stereocenters. The molecule has 0 aliphatic carbocycles. The highest BCUT2D eigenvalue weighted by Crippen LogP contribution is 2.41. The van der Waals surface area contributed by atoms with E-state index in [0.29, 0.717) is 141 Å². The molecule has 4 aromatic heterocycles. The number of carbonyl (C=O) groups is 1. The maximum Gasteiger partial charge on any atom is 0.217 e. The quantitative estimate of drug-likeness (QED) is 0.0541. The molecule has 0 aliphatic rings. The van der Waals surface area contributed by atoms with E-state index >= 15 is 17.6 Å². The van der Waals surface area contributed by atoms with Crippen LogP contribution in [0.2, 0.25) is 20.1 Å². The lowest BCUT2D eigenvalue weighted by molar-refractivity contribution is -0.119. The third kappa shape index (κ3) is 28.2. The molecular formula is C91H97Cl7F4N8O6. The molecule has 0 saturated heterocycles. The van der Waals surface area contributed by atoms with Crippen LogP contribution in [0.25, 0.3) is 44.5 Å². The lowest BCUT2D eigenvalue weighted by Gasteiger charge is -2.15. The molecule has 8 aromatic carbocycles. The van der Waals surface area contributed by atoms with Gasteiger partial charge >= 0.3 is 0 Å². The fourth-order valence-corrected chi connectivity index (χ4v) is 12.5. The normalized spacial score (nSPS) is 10.9. The van der Waals surface area contributed by atoms with Crippen molar-refractivity contribution in [2.45, 2.75) is 100 Å². The number of carbonyl (C=O) groups excluding carboxylic acids is 1. The van der Waals surface area contributed by atoms with Gasteiger partial charge in [-0.15, -0.1) is 37.2 Å². The second kappa shape index (κ2) is 49.9. The number of nitrogens with zero attached hydrogens (tertiary/aromatic N) is 5. The monoisotopic (exact) mass is 1720 g/mol. The van der Waals surface area contributed by atoms with Gasteiger partial charge in [-0.3, -0.25) is 19.7 Å². The van der Waals surface area contributed by atoms with Crippen LogP contribution in [0.15, 0.2) is 219 Å². The molecule has 0 aliphatic heterocycles. The van der Waals surface area contributed by atoms with Crippen LogP contribution in [0.1, 0.15) is 142 Å². The third-order valence-corrected chi connectivity index (χ3v) is 18.3. The molecule has 0 fully saturated rings. The Kier molecular flexibility index (Phi) is 43.2. The maximum atomic E-state index is 15.4. The molecule has 0 bridgehead atoms. The lowest BCUT2D eigenvalue weighted by atomic mass is 9.97. The largest absolute Gasteiger partial charge is 0.496 e. The van der Waals surface area contributed by atoms with Gasteiger partial charge in [0.25, 0.3) is 0 Å². The van der Waals surface area contributed by atoms with Crippen LogP contribution < -0.4 is 35.7 Å². The summed E-state index contributed by atoms with van der Waals surface area (Å²) in [5.74, 6) is 0.391. The van der Waals surface area contributed by atoms with Gasteiger partial charge in [-0.05, 0) is 198 Å². The summed E-state index contributed by atoms with van der Waals surface area (Å²) in [4.78, 5) is 28.3. The molecule has 4 heterocycles. The van der Waals surface area contributed by atoms with Crippen LogP contribution in [-0.4, -0.2) is 67.5 Å². The second-order valence-corrected chi connectivity index (χ2v) is 27.2. The topological polar surface area (TPSA) is 203 Å². The van der Waals surface area contributed by atoms with E-state index in [4.69, 9.17) is 86.8 Å². The third-order valence-electron chi connectivity index (χ3n) is 17.3. The molecule has 25 heteroatoms. The zero-order valence-corrected chi connectivity index (χ0v) is 69.8. The van der Waals surface area contributed by atoms with Crippen LogP contribution in [0, 0.1) is 34.6 Å². The number of amides is 1. The Hall–Kier alpha value is -9.85. The first-order valence-electron chi connectivity index (χ1n) is 35.4. The predicted octanol–water partition coefficient (Wildman–Crippen LogP) is 24.3. The van der Waals surface area contributed by atoms with Crippen molar-refractivity contribution in [3.63, 3.8) is 0 Å². The number of halogens is 11. The SMILES string of the molecule is C.C.CCOCC.COc1ccc(Cc2ccc(C#N)nc2)c(F)c1-c1cccc(Cl)c1.COc1ccc(Cc2ccc(C(C)N)nc2)c(F)c1-c1cccc(Cl)c1.COc1ccc(Cc2ccc(C(C)N)nc2)c(F)c1-c1cccc(Cl)c1.COc1ccc(Cc2ccc(C(C)NC(C)=O)nc2)c(F)c1-c1cccc(Cl)c1.Cl.Cl.Cl. The Labute approximate surface area is 717 Å². The van der Waals surface area contributed by atoms with Gasteiger partial charge in [0.2, 0.25) is 5.91 Å². The molecule has 614 valence electrons. The van der Waals surface area contributed by atoms with Gasteiger partial charge in [0.1, 0.15) is 58.0 Å².